The highest BCUT2D eigenvalue weighted by Gasteiger charge is 2.28. The number of halogens is 3. The molecule has 64 valence electrons. The van der Waals surface area contributed by atoms with Crippen LogP contribution in [-0.4, -0.2) is 20.0 Å². The highest BCUT2D eigenvalue weighted by atomic mass is 35.5. The molecule has 1 nitrogen and oxygen atoms in total. The lowest BCUT2D eigenvalue weighted by atomic mass is 9.94. The molecule has 0 aliphatic carbocycles. The maximum Gasteiger partial charge on any atom is 0.244 e. The Hall–Kier alpha value is 0.110. The molecule has 0 rings (SSSR count). The topological polar surface area (TPSA) is 12.0 Å². The van der Waals surface area contributed by atoms with E-state index >= 15 is 0 Å². The van der Waals surface area contributed by atoms with E-state index in [4.69, 9.17) is 0 Å². The van der Waals surface area contributed by atoms with E-state index in [1.54, 1.807) is 7.05 Å². The SMILES string of the molecule is CNCC(C)(C)C(F)F.Cl. The molecule has 0 aromatic heterocycles. The van der Waals surface area contributed by atoms with Crippen molar-refractivity contribution >= 4 is 12.4 Å². The summed E-state index contributed by atoms with van der Waals surface area (Å²) < 4.78 is 23.9. The monoisotopic (exact) mass is 173 g/mol. The Morgan fingerprint density at radius 1 is 1.40 bits per heavy atom. The predicted octanol–water partition coefficient (Wildman–Crippen LogP) is 1.92. The van der Waals surface area contributed by atoms with Gasteiger partial charge in [0.1, 0.15) is 0 Å². The van der Waals surface area contributed by atoms with Gasteiger partial charge in [-0.25, -0.2) is 8.78 Å². The first-order valence-corrected chi connectivity index (χ1v) is 2.93. The minimum Gasteiger partial charge on any atom is -0.319 e. The molecular weight excluding hydrogens is 160 g/mol. The predicted molar refractivity (Wildman–Crippen MR) is 41.0 cm³/mol. The quantitative estimate of drug-likeness (QED) is 0.688. The molecule has 0 unspecified atom stereocenters. The normalized spacial score (nSPS) is 11.4. The zero-order valence-corrected chi connectivity index (χ0v) is 7.27. The van der Waals surface area contributed by atoms with Crippen LogP contribution < -0.4 is 5.32 Å². The third kappa shape index (κ3) is 4.01. The molecule has 10 heavy (non-hydrogen) atoms. The van der Waals surface area contributed by atoms with Crippen LogP contribution in [-0.2, 0) is 0 Å². The van der Waals surface area contributed by atoms with Crippen LogP contribution in [0.3, 0.4) is 0 Å². The first-order valence-electron chi connectivity index (χ1n) is 2.93. The molecule has 0 aliphatic rings. The Balaban J connectivity index is 0. The number of alkyl halides is 2. The van der Waals surface area contributed by atoms with Crippen molar-refractivity contribution in [2.75, 3.05) is 13.6 Å². The summed E-state index contributed by atoms with van der Waals surface area (Å²) in [4.78, 5) is 0. The average molecular weight is 174 g/mol. The summed E-state index contributed by atoms with van der Waals surface area (Å²) in [6, 6.07) is 0. The fraction of sp³-hybridized carbons (Fsp3) is 1.00. The fourth-order valence-corrected chi connectivity index (χ4v) is 0.533. The maximum absolute atomic E-state index is 12.0. The number of hydrogen-bond acceptors (Lipinski definition) is 1. The van der Waals surface area contributed by atoms with Gasteiger partial charge in [0.2, 0.25) is 6.43 Å². The first kappa shape index (κ1) is 12.8. The van der Waals surface area contributed by atoms with Gasteiger partial charge in [-0.05, 0) is 7.05 Å². The number of rotatable bonds is 3. The lowest BCUT2D eigenvalue weighted by molar-refractivity contribution is 0.0214. The largest absolute Gasteiger partial charge is 0.319 e. The molecule has 0 saturated heterocycles. The molecule has 0 aliphatic heterocycles. The van der Waals surface area contributed by atoms with Gasteiger partial charge in [0.25, 0.3) is 0 Å². The summed E-state index contributed by atoms with van der Waals surface area (Å²) >= 11 is 0. The molecule has 0 fully saturated rings. The van der Waals surface area contributed by atoms with Gasteiger partial charge in [-0.1, -0.05) is 13.8 Å². The van der Waals surface area contributed by atoms with Crippen LogP contribution in [0.1, 0.15) is 13.8 Å². The zero-order chi connectivity index (χ0) is 7.49. The van der Waals surface area contributed by atoms with Gasteiger partial charge in [0.05, 0.1) is 0 Å². The van der Waals surface area contributed by atoms with Crippen molar-refractivity contribution in [3.63, 3.8) is 0 Å². The molecule has 0 heterocycles. The molecule has 0 atom stereocenters. The summed E-state index contributed by atoms with van der Waals surface area (Å²) in [5, 5.41) is 2.71. The number of hydrogen-bond donors (Lipinski definition) is 1. The highest BCUT2D eigenvalue weighted by Crippen LogP contribution is 2.22. The average Bonchev–Trinajstić information content (AvgIpc) is 1.65. The third-order valence-corrected chi connectivity index (χ3v) is 1.22. The van der Waals surface area contributed by atoms with E-state index in [1.807, 2.05) is 0 Å². The molecule has 0 aromatic rings. The van der Waals surface area contributed by atoms with Crippen LogP contribution in [0.4, 0.5) is 8.78 Å². The Kier molecular flexibility index (Phi) is 6.19. The van der Waals surface area contributed by atoms with Gasteiger partial charge >= 0.3 is 0 Å². The van der Waals surface area contributed by atoms with Crippen molar-refractivity contribution in [1.82, 2.24) is 5.32 Å². The standard InChI is InChI=1S/C6H13F2N.ClH/c1-6(2,4-9-3)5(7)8;/h5,9H,4H2,1-3H3;1H. The smallest absolute Gasteiger partial charge is 0.244 e. The van der Waals surface area contributed by atoms with Gasteiger partial charge in [-0.2, -0.15) is 0 Å². The molecule has 0 saturated carbocycles. The van der Waals surface area contributed by atoms with Gasteiger partial charge in [-0.3, -0.25) is 0 Å². The Bertz CT molecular complexity index is 85.8. The Labute approximate surface area is 66.6 Å². The van der Waals surface area contributed by atoms with Crippen molar-refractivity contribution in [1.29, 1.82) is 0 Å². The number of nitrogens with one attached hydrogen (secondary N) is 1. The van der Waals surface area contributed by atoms with Crippen LogP contribution in [0.5, 0.6) is 0 Å². The summed E-state index contributed by atoms with van der Waals surface area (Å²) in [6.07, 6.45) is -2.25. The second-order valence-electron chi connectivity index (χ2n) is 2.82. The van der Waals surface area contributed by atoms with Crippen molar-refractivity contribution in [2.45, 2.75) is 20.3 Å². The van der Waals surface area contributed by atoms with Crippen molar-refractivity contribution in [2.24, 2.45) is 5.41 Å². The lowest BCUT2D eigenvalue weighted by Gasteiger charge is -2.22. The van der Waals surface area contributed by atoms with Gasteiger partial charge in [-0.15, -0.1) is 12.4 Å². The van der Waals surface area contributed by atoms with E-state index in [0.29, 0.717) is 6.54 Å². The van der Waals surface area contributed by atoms with E-state index < -0.39 is 11.8 Å². The summed E-state index contributed by atoms with van der Waals surface area (Å²) in [5.74, 6) is 0. The van der Waals surface area contributed by atoms with Crippen LogP contribution in [0.2, 0.25) is 0 Å². The second-order valence-corrected chi connectivity index (χ2v) is 2.82. The molecule has 0 radical (unpaired) electrons. The minimum absolute atomic E-state index is 0. The van der Waals surface area contributed by atoms with E-state index in [0.717, 1.165) is 0 Å². The molecule has 0 spiro atoms. The van der Waals surface area contributed by atoms with E-state index in [1.165, 1.54) is 13.8 Å². The van der Waals surface area contributed by atoms with Crippen LogP contribution >= 0.6 is 12.4 Å². The van der Waals surface area contributed by atoms with E-state index in [9.17, 15) is 8.78 Å². The highest BCUT2D eigenvalue weighted by molar-refractivity contribution is 5.85. The minimum atomic E-state index is -2.25. The first-order chi connectivity index (χ1) is 4.00. The summed E-state index contributed by atoms with van der Waals surface area (Å²) in [5.41, 5.74) is -0.894. The molecule has 4 heteroatoms. The molecule has 1 N–H and O–H groups in total. The van der Waals surface area contributed by atoms with Crippen molar-refractivity contribution in [3.05, 3.63) is 0 Å². The summed E-state index contributed by atoms with van der Waals surface area (Å²) in [6.45, 7) is 3.42. The van der Waals surface area contributed by atoms with Gasteiger partial charge in [0.15, 0.2) is 0 Å². The molecule has 0 amide bonds. The van der Waals surface area contributed by atoms with Gasteiger partial charge < -0.3 is 5.32 Å². The van der Waals surface area contributed by atoms with E-state index in [2.05, 4.69) is 5.32 Å². The lowest BCUT2D eigenvalue weighted by Crippen LogP contribution is -2.33. The third-order valence-electron chi connectivity index (χ3n) is 1.22. The zero-order valence-electron chi connectivity index (χ0n) is 6.45. The molecular formula is C6H14ClF2N. The van der Waals surface area contributed by atoms with Gasteiger partial charge in [0, 0.05) is 12.0 Å². The fourth-order valence-electron chi connectivity index (χ4n) is 0.533. The van der Waals surface area contributed by atoms with E-state index in [-0.39, 0.29) is 12.4 Å². The van der Waals surface area contributed by atoms with Crippen LogP contribution in [0, 0.1) is 5.41 Å². The molecule has 0 bridgehead atoms. The Morgan fingerprint density at radius 2 is 1.80 bits per heavy atom. The molecule has 0 aromatic carbocycles. The summed E-state index contributed by atoms with van der Waals surface area (Å²) in [7, 11) is 1.67. The van der Waals surface area contributed by atoms with Crippen LogP contribution in [0.25, 0.3) is 0 Å². The second kappa shape index (κ2) is 4.85. The Morgan fingerprint density at radius 3 is 1.90 bits per heavy atom. The van der Waals surface area contributed by atoms with Crippen LogP contribution in [0.15, 0.2) is 0 Å². The van der Waals surface area contributed by atoms with Crippen molar-refractivity contribution < 1.29 is 8.78 Å². The maximum atomic E-state index is 12.0. The van der Waals surface area contributed by atoms with Crippen molar-refractivity contribution in [3.8, 4) is 0 Å².